The summed E-state index contributed by atoms with van der Waals surface area (Å²) in [5, 5.41) is 0. The van der Waals surface area contributed by atoms with E-state index in [9.17, 15) is 13.6 Å². The van der Waals surface area contributed by atoms with Gasteiger partial charge in [-0.1, -0.05) is 12.7 Å². The maximum absolute atomic E-state index is 13.4. The van der Waals surface area contributed by atoms with E-state index in [2.05, 4.69) is 6.58 Å². The van der Waals surface area contributed by atoms with Crippen molar-refractivity contribution < 1.29 is 13.6 Å². The van der Waals surface area contributed by atoms with E-state index in [-0.39, 0.29) is 17.9 Å². The number of benzene rings is 1. The van der Waals surface area contributed by atoms with Crippen LogP contribution in [0.4, 0.5) is 8.78 Å². The molecule has 0 aromatic heterocycles. The molecule has 1 aromatic carbocycles. The molecule has 2 rings (SSSR count). The number of allylic oxidation sites excluding steroid dienone is 1. The predicted octanol–water partition coefficient (Wildman–Crippen LogP) is 2.81. The summed E-state index contributed by atoms with van der Waals surface area (Å²) in [5.41, 5.74) is 0.812. The molecule has 0 radical (unpaired) electrons. The van der Waals surface area contributed by atoms with Gasteiger partial charge >= 0.3 is 0 Å². The average Bonchev–Trinajstić information content (AvgIpc) is 2.82. The molecule has 4 heteroatoms. The standard InChI is InChI=1S/C14H13F2NO/c1-2-12-4-3-7-17(12)14(18)9-10-8-11(15)5-6-13(10)16/h2,4-6,8H,1,3,7,9H2. The van der Waals surface area contributed by atoms with Gasteiger partial charge in [0.05, 0.1) is 6.42 Å². The molecule has 18 heavy (non-hydrogen) atoms. The van der Waals surface area contributed by atoms with Crippen molar-refractivity contribution in [2.24, 2.45) is 0 Å². The van der Waals surface area contributed by atoms with Crippen molar-refractivity contribution in [3.05, 3.63) is 59.8 Å². The predicted molar refractivity (Wildman–Crippen MR) is 64.7 cm³/mol. The Labute approximate surface area is 104 Å². The molecule has 0 bridgehead atoms. The molecular formula is C14H13F2NO. The lowest BCUT2D eigenvalue weighted by molar-refractivity contribution is -0.128. The van der Waals surface area contributed by atoms with E-state index in [1.54, 1.807) is 6.08 Å². The van der Waals surface area contributed by atoms with Gasteiger partial charge in [-0.3, -0.25) is 4.79 Å². The fourth-order valence-corrected chi connectivity index (χ4v) is 1.98. The second kappa shape index (κ2) is 5.12. The Balaban J connectivity index is 2.14. The first kappa shape index (κ1) is 12.5. The van der Waals surface area contributed by atoms with Crippen molar-refractivity contribution in [3.8, 4) is 0 Å². The maximum atomic E-state index is 13.4. The zero-order chi connectivity index (χ0) is 13.1. The molecule has 0 fully saturated rings. The molecule has 1 aliphatic rings. The summed E-state index contributed by atoms with van der Waals surface area (Å²) in [4.78, 5) is 13.5. The average molecular weight is 249 g/mol. The molecule has 0 aliphatic carbocycles. The smallest absolute Gasteiger partial charge is 0.231 e. The van der Waals surface area contributed by atoms with Crippen LogP contribution < -0.4 is 0 Å². The number of carbonyl (C=O) groups is 1. The van der Waals surface area contributed by atoms with Crippen LogP contribution >= 0.6 is 0 Å². The zero-order valence-corrected chi connectivity index (χ0v) is 9.83. The van der Waals surface area contributed by atoms with E-state index in [1.807, 2.05) is 6.08 Å². The fourth-order valence-electron chi connectivity index (χ4n) is 1.98. The summed E-state index contributed by atoms with van der Waals surface area (Å²) < 4.78 is 26.4. The first-order valence-electron chi connectivity index (χ1n) is 5.68. The number of hydrogen-bond acceptors (Lipinski definition) is 1. The van der Waals surface area contributed by atoms with E-state index in [0.717, 1.165) is 30.3 Å². The lowest BCUT2D eigenvalue weighted by Gasteiger charge is -2.18. The number of amides is 1. The Morgan fingerprint density at radius 1 is 1.44 bits per heavy atom. The van der Waals surface area contributed by atoms with Crippen LogP contribution in [0, 0.1) is 11.6 Å². The number of rotatable bonds is 3. The van der Waals surface area contributed by atoms with Crippen LogP contribution in [0.5, 0.6) is 0 Å². The topological polar surface area (TPSA) is 20.3 Å². The summed E-state index contributed by atoms with van der Waals surface area (Å²) in [7, 11) is 0. The largest absolute Gasteiger partial charge is 0.312 e. The van der Waals surface area contributed by atoms with Crippen molar-refractivity contribution in [2.45, 2.75) is 12.8 Å². The van der Waals surface area contributed by atoms with Gasteiger partial charge in [-0.05, 0) is 30.7 Å². The number of halogens is 2. The normalized spacial score (nSPS) is 14.6. The van der Waals surface area contributed by atoms with Crippen molar-refractivity contribution >= 4 is 5.91 Å². The van der Waals surface area contributed by atoms with E-state index in [4.69, 9.17) is 0 Å². The Morgan fingerprint density at radius 2 is 2.22 bits per heavy atom. The van der Waals surface area contributed by atoms with Crippen molar-refractivity contribution in [1.82, 2.24) is 4.90 Å². The zero-order valence-electron chi connectivity index (χ0n) is 9.83. The minimum absolute atomic E-state index is 0.0790. The molecule has 1 aromatic rings. The Hall–Kier alpha value is -1.97. The van der Waals surface area contributed by atoms with Crippen molar-refractivity contribution in [2.75, 3.05) is 6.54 Å². The van der Waals surface area contributed by atoms with Crippen LogP contribution in [0.2, 0.25) is 0 Å². The third-order valence-electron chi connectivity index (χ3n) is 2.88. The van der Waals surface area contributed by atoms with Crippen LogP contribution in [-0.4, -0.2) is 17.4 Å². The highest BCUT2D eigenvalue weighted by molar-refractivity contribution is 5.81. The van der Waals surface area contributed by atoms with Gasteiger partial charge in [0.2, 0.25) is 5.91 Å². The highest BCUT2D eigenvalue weighted by Crippen LogP contribution is 2.18. The van der Waals surface area contributed by atoms with E-state index < -0.39 is 11.6 Å². The van der Waals surface area contributed by atoms with Gasteiger partial charge in [0, 0.05) is 17.8 Å². The lowest BCUT2D eigenvalue weighted by atomic mass is 10.1. The summed E-state index contributed by atoms with van der Waals surface area (Å²) in [6.07, 6.45) is 4.10. The molecule has 0 saturated heterocycles. The summed E-state index contributed by atoms with van der Waals surface area (Å²) in [5.74, 6) is -1.35. The van der Waals surface area contributed by atoms with Crippen LogP contribution in [0.15, 0.2) is 42.6 Å². The van der Waals surface area contributed by atoms with E-state index in [0.29, 0.717) is 6.54 Å². The Morgan fingerprint density at radius 3 is 2.94 bits per heavy atom. The number of carbonyl (C=O) groups excluding carboxylic acids is 1. The van der Waals surface area contributed by atoms with Gasteiger partial charge in [0.25, 0.3) is 0 Å². The first-order chi connectivity index (χ1) is 8.61. The first-order valence-corrected chi connectivity index (χ1v) is 5.68. The Bertz CT molecular complexity index is 523. The van der Waals surface area contributed by atoms with Gasteiger partial charge in [-0.15, -0.1) is 0 Å². The second-order valence-electron chi connectivity index (χ2n) is 4.08. The van der Waals surface area contributed by atoms with Gasteiger partial charge in [-0.25, -0.2) is 8.78 Å². The van der Waals surface area contributed by atoms with Crippen molar-refractivity contribution in [1.29, 1.82) is 0 Å². The van der Waals surface area contributed by atoms with E-state index in [1.165, 1.54) is 4.90 Å². The molecule has 0 N–H and O–H groups in total. The Kier molecular flexibility index (Phi) is 3.55. The molecule has 0 unspecified atom stereocenters. The molecule has 1 amide bonds. The molecular weight excluding hydrogens is 236 g/mol. The third kappa shape index (κ3) is 2.47. The molecule has 2 nitrogen and oxygen atoms in total. The molecule has 1 heterocycles. The highest BCUT2D eigenvalue weighted by Gasteiger charge is 2.21. The van der Waals surface area contributed by atoms with Crippen LogP contribution in [0.1, 0.15) is 12.0 Å². The van der Waals surface area contributed by atoms with E-state index >= 15 is 0 Å². The number of hydrogen-bond donors (Lipinski definition) is 0. The summed E-state index contributed by atoms with van der Waals surface area (Å²) in [6, 6.07) is 3.13. The summed E-state index contributed by atoms with van der Waals surface area (Å²) in [6.45, 7) is 4.18. The second-order valence-corrected chi connectivity index (χ2v) is 4.08. The molecule has 0 spiro atoms. The molecule has 1 aliphatic heterocycles. The summed E-state index contributed by atoms with van der Waals surface area (Å²) >= 11 is 0. The molecule has 0 atom stereocenters. The van der Waals surface area contributed by atoms with Gasteiger partial charge < -0.3 is 4.90 Å². The van der Waals surface area contributed by atoms with Crippen LogP contribution in [0.25, 0.3) is 0 Å². The van der Waals surface area contributed by atoms with Gasteiger partial charge in [0.1, 0.15) is 11.6 Å². The fraction of sp³-hybridized carbons (Fsp3) is 0.214. The highest BCUT2D eigenvalue weighted by atomic mass is 19.1. The minimum Gasteiger partial charge on any atom is -0.312 e. The number of nitrogens with zero attached hydrogens (tertiary/aromatic N) is 1. The van der Waals surface area contributed by atoms with Crippen LogP contribution in [-0.2, 0) is 11.2 Å². The SMILES string of the molecule is C=CC1=CCCN1C(=O)Cc1cc(F)ccc1F. The van der Waals surface area contributed by atoms with Gasteiger partial charge in [-0.2, -0.15) is 0 Å². The lowest BCUT2D eigenvalue weighted by Crippen LogP contribution is -2.29. The monoisotopic (exact) mass is 249 g/mol. The van der Waals surface area contributed by atoms with Crippen LogP contribution in [0.3, 0.4) is 0 Å². The minimum atomic E-state index is -0.562. The van der Waals surface area contributed by atoms with Gasteiger partial charge in [0.15, 0.2) is 0 Å². The quantitative estimate of drug-likeness (QED) is 0.806. The van der Waals surface area contributed by atoms with Crippen molar-refractivity contribution in [3.63, 3.8) is 0 Å². The maximum Gasteiger partial charge on any atom is 0.231 e. The molecule has 0 saturated carbocycles. The molecule has 94 valence electrons. The third-order valence-corrected chi connectivity index (χ3v) is 2.88.